The standard InChI is InChI=1S/C29H35F3N6O3S2/c1-43(40,41)38-9-6-19(7-10-38)16-33-26(39)20-2-4-21(5-3-20)36-22-13-28(14-22)8-11-37(17-28)25-24-12-23(15-29(30,31)32)42-27(24)35-18-34-25/h2-5,12,18-19,22,36H,6-11,13-17H2,1H3,(H,33,39). The van der Waals surface area contributed by atoms with E-state index in [0.717, 1.165) is 68.0 Å². The fraction of sp³-hybridized carbons (Fsp3) is 0.552. The maximum atomic E-state index is 12.9. The number of nitrogens with zero attached hydrogens (tertiary/aromatic N) is 4. The lowest BCUT2D eigenvalue weighted by Gasteiger charge is -2.46. The van der Waals surface area contributed by atoms with E-state index < -0.39 is 22.6 Å². The molecule has 232 valence electrons. The number of carbonyl (C=O) groups excluding carboxylic acids is 1. The van der Waals surface area contributed by atoms with E-state index in [1.54, 1.807) is 6.07 Å². The number of benzene rings is 1. The normalized spacial score (nSPS) is 23.5. The summed E-state index contributed by atoms with van der Waals surface area (Å²) in [4.78, 5) is 24.4. The van der Waals surface area contributed by atoms with Crippen LogP contribution in [-0.4, -0.2) is 79.8 Å². The van der Waals surface area contributed by atoms with Crippen molar-refractivity contribution in [2.75, 3.05) is 49.2 Å². The minimum absolute atomic E-state index is 0.138. The molecule has 2 N–H and O–H groups in total. The molecule has 0 radical (unpaired) electrons. The van der Waals surface area contributed by atoms with Crippen molar-refractivity contribution in [2.45, 2.75) is 50.7 Å². The Morgan fingerprint density at radius 3 is 2.51 bits per heavy atom. The first kappa shape index (κ1) is 30.1. The maximum absolute atomic E-state index is 12.9. The number of sulfonamides is 1. The van der Waals surface area contributed by atoms with Gasteiger partial charge in [-0.3, -0.25) is 4.79 Å². The molecule has 1 aromatic carbocycles. The van der Waals surface area contributed by atoms with Crippen LogP contribution >= 0.6 is 11.3 Å². The average Bonchev–Trinajstić information content (AvgIpc) is 3.55. The second-order valence-corrected chi connectivity index (χ2v) is 15.3. The molecule has 3 aliphatic rings. The summed E-state index contributed by atoms with van der Waals surface area (Å²) in [5.74, 6) is 0.842. The number of hydrogen-bond acceptors (Lipinski definition) is 8. The SMILES string of the molecule is CS(=O)(=O)N1CCC(CNC(=O)c2ccc(NC3CC4(CCN(c5ncnc6sc(CC(F)(F)F)cc56)C4)C3)cc2)CC1. The zero-order valence-electron chi connectivity index (χ0n) is 23.9. The van der Waals surface area contributed by atoms with Gasteiger partial charge in [0.05, 0.1) is 18.1 Å². The highest BCUT2D eigenvalue weighted by Gasteiger charge is 2.49. The summed E-state index contributed by atoms with van der Waals surface area (Å²) in [5, 5.41) is 7.25. The Kier molecular flexibility index (Phi) is 8.05. The van der Waals surface area contributed by atoms with Crippen LogP contribution in [0.25, 0.3) is 10.2 Å². The fourth-order valence-electron chi connectivity index (χ4n) is 6.70. The molecule has 2 aromatic heterocycles. The predicted octanol–water partition coefficient (Wildman–Crippen LogP) is 4.67. The quantitative estimate of drug-likeness (QED) is 0.370. The molecule has 9 nitrogen and oxygen atoms in total. The Labute approximate surface area is 252 Å². The number of carbonyl (C=O) groups is 1. The van der Waals surface area contributed by atoms with Crippen LogP contribution in [0.15, 0.2) is 36.7 Å². The van der Waals surface area contributed by atoms with Crippen LogP contribution in [0.2, 0.25) is 0 Å². The van der Waals surface area contributed by atoms with E-state index in [0.29, 0.717) is 41.5 Å². The van der Waals surface area contributed by atoms with Crippen molar-refractivity contribution >= 4 is 49.0 Å². The number of thiophene rings is 1. The molecule has 1 spiro atoms. The second kappa shape index (κ2) is 11.5. The molecule has 4 heterocycles. The summed E-state index contributed by atoms with van der Waals surface area (Å²) >= 11 is 1.08. The zero-order valence-corrected chi connectivity index (χ0v) is 25.5. The van der Waals surface area contributed by atoms with Gasteiger partial charge in [0.2, 0.25) is 10.0 Å². The van der Waals surface area contributed by atoms with Crippen molar-refractivity contribution in [3.8, 4) is 0 Å². The number of alkyl halides is 3. The van der Waals surface area contributed by atoms with Crippen LogP contribution in [0.1, 0.15) is 47.3 Å². The van der Waals surface area contributed by atoms with Crippen molar-refractivity contribution in [3.63, 3.8) is 0 Å². The number of fused-ring (bicyclic) bond motifs is 1. The van der Waals surface area contributed by atoms with Gasteiger partial charge in [-0.1, -0.05) is 0 Å². The van der Waals surface area contributed by atoms with Gasteiger partial charge in [0.25, 0.3) is 5.91 Å². The third kappa shape index (κ3) is 6.91. The third-order valence-electron chi connectivity index (χ3n) is 8.94. The van der Waals surface area contributed by atoms with E-state index in [9.17, 15) is 26.4 Å². The van der Waals surface area contributed by atoms with Crippen LogP contribution in [0.4, 0.5) is 24.7 Å². The molecule has 6 rings (SSSR count). The Morgan fingerprint density at radius 1 is 1.12 bits per heavy atom. The highest BCUT2D eigenvalue weighted by atomic mass is 32.2. The van der Waals surface area contributed by atoms with Gasteiger partial charge in [-0.05, 0) is 73.8 Å². The molecule has 14 heteroatoms. The number of aromatic nitrogens is 2. The number of halogens is 3. The van der Waals surface area contributed by atoms with E-state index in [2.05, 4.69) is 25.5 Å². The second-order valence-electron chi connectivity index (χ2n) is 12.2. The molecule has 43 heavy (non-hydrogen) atoms. The lowest BCUT2D eigenvalue weighted by atomic mass is 9.65. The summed E-state index contributed by atoms with van der Waals surface area (Å²) in [6.45, 7) is 3.13. The number of piperidine rings is 1. The van der Waals surface area contributed by atoms with Crippen LogP contribution in [-0.2, 0) is 16.4 Å². The highest BCUT2D eigenvalue weighted by Crippen LogP contribution is 2.50. The van der Waals surface area contributed by atoms with E-state index in [1.165, 1.54) is 16.9 Å². The van der Waals surface area contributed by atoms with Gasteiger partial charge in [0.15, 0.2) is 0 Å². The van der Waals surface area contributed by atoms with Crippen LogP contribution in [0, 0.1) is 11.3 Å². The van der Waals surface area contributed by atoms with Crippen LogP contribution in [0.5, 0.6) is 0 Å². The molecule has 3 aromatic rings. The molecule has 0 atom stereocenters. The maximum Gasteiger partial charge on any atom is 0.393 e. The topological polar surface area (TPSA) is 108 Å². The van der Waals surface area contributed by atoms with Gasteiger partial charge in [0, 0.05) is 54.9 Å². The molecular formula is C29H35F3N6O3S2. The van der Waals surface area contributed by atoms with Gasteiger partial charge in [-0.15, -0.1) is 11.3 Å². The van der Waals surface area contributed by atoms with Crippen LogP contribution in [0.3, 0.4) is 0 Å². The minimum Gasteiger partial charge on any atom is -0.382 e. The fourth-order valence-corrected chi connectivity index (χ4v) is 8.60. The largest absolute Gasteiger partial charge is 0.393 e. The Balaban J connectivity index is 0.975. The molecular weight excluding hydrogens is 601 g/mol. The molecule has 0 bridgehead atoms. The van der Waals surface area contributed by atoms with E-state index in [1.807, 2.05) is 24.3 Å². The monoisotopic (exact) mass is 636 g/mol. The van der Waals surface area contributed by atoms with Crippen molar-refractivity contribution in [1.82, 2.24) is 19.6 Å². The minimum atomic E-state index is -4.25. The molecule has 0 unspecified atom stereocenters. The first-order valence-corrected chi connectivity index (χ1v) is 17.2. The lowest BCUT2D eigenvalue weighted by Crippen LogP contribution is -2.46. The molecule has 1 amide bonds. The van der Waals surface area contributed by atoms with E-state index in [4.69, 9.17) is 0 Å². The molecule has 1 saturated carbocycles. The summed E-state index contributed by atoms with van der Waals surface area (Å²) in [7, 11) is -3.16. The van der Waals surface area contributed by atoms with Gasteiger partial charge in [-0.25, -0.2) is 22.7 Å². The smallest absolute Gasteiger partial charge is 0.382 e. The number of amides is 1. The first-order valence-electron chi connectivity index (χ1n) is 14.5. The Hall–Kier alpha value is -2.97. The average molecular weight is 637 g/mol. The molecule has 3 fully saturated rings. The van der Waals surface area contributed by atoms with Crippen molar-refractivity contribution in [1.29, 1.82) is 0 Å². The van der Waals surface area contributed by atoms with Gasteiger partial charge in [-0.2, -0.15) is 13.2 Å². The van der Waals surface area contributed by atoms with Gasteiger partial charge >= 0.3 is 6.18 Å². The summed E-state index contributed by atoms with van der Waals surface area (Å²) < 4.78 is 63.6. The van der Waals surface area contributed by atoms with Crippen LogP contribution < -0.4 is 15.5 Å². The predicted molar refractivity (Wildman–Crippen MR) is 161 cm³/mol. The van der Waals surface area contributed by atoms with Gasteiger partial charge < -0.3 is 15.5 Å². The lowest BCUT2D eigenvalue weighted by molar-refractivity contribution is -0.126. The number of rotatable bonds is 8. The number of anilines is 2. The van der Waals surface area contributed by atoms with E-state index >= 15 is 0 Å². The van der Waals surface area contributed by atoms with Crippen molar-refractivity contribution < 1.29 is 26.4 Å². The summed E-state index contributed by atoms with van der Waals surface area (Å²) in [5.41, 5.74) is 1.68. The zero-order chi connectivity index (χ0) is 30.4. The molecule has 2 saturated heterocycles. The summed E-state index contributed by atoms with van der Waals surface area (Å²) in [6, 6.07) is 9.35. The summed E-state index contributed by atoms with van der Waals surface area (Å²) in [6.07, 6.45) is 1.90. The van der Waals surface area contributed by atoms with Gasteiger partial charge in [0.1, 0.15) is 17.0 Å². The number of hydrogen-bond donors (Lipinski definition) is 2. The van der Waals surface area contributed by atoms with Crippen molar-refractivity contribution in [2.24, 2.45) is 11.3 Å². The van der Waals surface area contributed by atoms with Crippen molar-refractivity contribution in [3.05, 3.63) is 47.1 Å². The highest BCUT2D eigenvalue weighted by molar-refractivity contribution is 7.88. The Bertz CT molecular complexity index is 1580. The Morgan fingerprint density at radius 2 is 1.84 bits per heavy atom. The first-order chi connectivity index (χ1) is 20.4. The van der Waals surface area contributed by atoms with E-state index in [-0.39, 0.29) is 22.1 Å². The molecule has 2 aliphatic heterocycles. The molecule has 1 aliphatic carbocycles. The number of nitrogens with one attached hydrogen (secondary N) is 2. The third-order valence-corrected chi connectivity index (χ3v) is 11.3.